The number of aliphatic hydroxyl groups is 1. The lowest BCUT2D eigenvalue weighted by atomic mass is 10.3. The molecule has 1 aliphatic heterocycles. The second-order valence-electron chi connectivity index (χ2n) is 1.99. The van der Waals surface area contributed by atoms with Crippen LogP contribution in [0.1, 0.15) is 6.42 Å². The number of epoxide rings is 1. The van der Waals surface area contributed by atoms with Gasteiger partial charge >= 0.3 is 0 Å². The molecule has 0 spiro atoms. The molecule has 0 radical (unpaired) electrons. The fourth-order valence-electron chi connectivity index (χ4n) is 0.626. The molecule has 9 heavy (non-hydrogen) atoms. The Kier molecular flexibility index (Phi) is 2.08. The summed E-state index contributed by atoms with van der Waals surface area (Å²) < 4.78 is 4.74. The first kappa shape index (κ1) is 6.58. The van der Waals surface area contributed by atoms with Gasteiger partial charge in [-0.3, -0.25) is 0 Å². The second-order valence-corrected chi connectivity index (χ2v) is 1.99. The molecular formula is C6H11NO2. The van der Waals surface area contributed by atoms with Crippen molar-refractivity contribution in [3.63, 3.8) is 0 Å². The highest BCUT2D eigenvalue weighted by molar-refractivity contribution is 4.87. The van der Waals surface area contributed by atoms with Crippen molar-refractivity contribution in [3.8, 4) is 0 Å². The molecule has 0 aliphatic carbocycles. The SMILES string of the molecule is CN/C=C/CC1OC1O. The van der Waals surface area contributed by atoms with E-state index in [0.717, 1.165) is 6.42 Å². The highest BCUT2D eigenvalue weighted by atomic mass is 16.7. The monoisotopic (exact) mass is 129 g/mol. The van der Waals surface area contributed by atoms with Gasteiger partial charge in [0.2, 0.25) is 0 Å². The fourth-order valence-corrected chi connectivity index (χ4v) is 0.626. The van der Waals surface area contributed by atoms with Crippen molar-refractivity contribution in [1.29, 1.82) is 0 Å². The third-order valence-electron chi connectivity index (χ3n) is 1.21. The number of aliphatic hydroxyl groups excluding tert-OH is 1. The fraction of sp³-hybridized carbons (Fsp3) is 0.667. The molecule has 0 bridgehead atoms. The Labute approximate surface area is 54.3 Å². The average molecular weight is 129 g/mol. The van der Waals surface area contributed by atoms with E-state index in [1.54, 1.807) is 0 Å². The molecule has 3 nitrogen and oxygen atoms in total. The summed E-state index contributed by atoms with van der Waals surface area (Å²) >= 11 is 0. The maximum atomic E-state index is 8.65. The van der Waals surface area contributed by atoms with Gasteiger partial charge in [0, 0.05) is 7.05 Å². The summed E-state index contributed by atoms with van der Waals surface area (Å²) in [4.78, 5) is 0. The molecule has 0 aromatic rings. The number of hydrogen-bond donors (Lipinski definition) is 2. The van der Waals surface area contributed by atoms with Crippen molar-refractivity contribution in [1.82, 2.24) is 5.32 Å². The summed E-state index contributed by atoms with van der Waals surface area (Å²) in [6, 6.07) is 0. The van der Waals surface area contributed by atoms with E-state index in [1.807, 2.05) is 19.3 Å². The van der Waals surface area contributed by atoms with Gasteiger partial charge in [0.15, 0.2) is 6.29 Å². The summed E-state index contributed by atoms with van der Waals surface area (Å²) in [6.07, 6.45) is 4.10. The van der Waals surface area contributed by atoms with Gasteiger partial charge in [0.05, 0.1) is 0 Å². The van der Waals surface area contributed by atoms with Gasteiger partial charge in [-0.05, 0) is 12.6 Å². The lowest BCUT2D eigenvalue weighted by Gasteiger charge is -1.83. The van der Waals surface area contributed by atoms with Crippen LogP contribution in [0.3, 0.4) is 0 Å². The third kappa shape index (κ3) is 2.03. The van der Waals surface area contributed by atoms with Gasteiger partial charge in [0.1, 0.15) is 6.10 Å². The minimum Gasteiger partial charge on any atom is -0.394 e. The molecule has 2 N–H and O–H groups in total. The van der Waals surface area contributed by atoms with Gasteiger partial charge in [-0.1, -0.05) is 6.08 Å². The van der Waals surface area contributed by atoms with Crippen molar-refractivity contribution < 1.29 is 9.84 Å². The minimum absolute atomic E-state index is 0.0506. The number of nitrogens with one attached hydrogen (secondary N) is 1. The normalized spacial score (nSPS) is 33.1. The van der Waals surface area contributed by atoms with Crippen molar-refractivity contribution >= 4 is 0 Å². The van der Waals surface area contributed by atoms with Crippen LogP contribution >= 0.6 is 0 Å². The van der Waals surface area contributed by atoms with Crippen molar-refractivity contribution in [2.75, 3.05) is 7.05 Å². The summed E-state index contributed by atoms with van der Waals surface area (Å²) in [5.74, 6) is 0. The van der Waals surface area contributed by atoms with Crippen LogP contribution in [0.15, 0.2) is 12.3 Å². The second kappa shape index (κ2) is 2.85. The Morgan fingerprint density at radius 2 is 2.44 bits per heavy atom. The summed E-state index contributed by atoms with van der Waals surface area (Å²) in [5, 5.41) is 11.5. The Bertz CT molecular complexity index is 114. The van der Waals surface area contributed by atoms with E-state index in [0.29, 0.717) is 0 Å². The molecule has 1 heterocycles. The van der Waals surface area contributed by atoms with Crippen LogP contribution in [0.25, 0.3) is 0 Å². The highest BCUT2D eigenvalue weighted by Crippen LogP contribution is 2.21. The topological polar surface area (TPSA) is 44.8 Å². The maximum Gasteiger partial charge on any atom is 0.182 e. The van der Waals surface area contributed by atoms with Crippen LogP contribution in [0.4, 0.5) is 0 Å². The van der Waals surface area contributed by atoms with E-state index >= 15 is 0 Å². The summed E-state index contributed by atoms with van der Waals surface area (Å²) in [6.45, 7) is 0. The van der Waals surface area contributed by atoms with E-state index in [2.05, 4.69) is 5.32 Å². The van der Waals surface area contributed by atoms with Gasteiger partial charge in [-0.15, -0.1) is 0 Å². The van der Waals surface area contributed by atoms with Crippen LogP contribution in [-0.4, -0.2) is 24.5 Å². The van der Waals surface area contributed by atoms with Crippen LogP contribution in [0.2, 0.25) is 0 Å². The molecule has 1 aliphatic rings. The largest absolute Gasteiger partial charge is 0.394 e. The van der Waals surface area contributed by atoms with Crippen LogP contribution < -0.4 is 5.32 Å². The minimum atomic E-state index is -0.508. The van der Waals surface area contributed by atoms with Crippen LogP contribution in [0.5, 0.6) is 0 Å². The van der Waals surface area contributed by atoms with Crippen molar-refractivity contribution in [2.24, 2.45) is 0 Å². The lowest BCUT2D eigenvalue weighted by Crippen LogP contribution is -1.93. The predicted molar refractivity (Wildman–Crippen MR) is 33.7 cm³/mol. The van der Waals surface area contributed by atoms with E-state index in [9.17, 15) is 0 Å². The van der Waals surface area contributed by atoms with E-state index in [4.69, 9.17) is 9.84 Å². The number of rotatable bonds is 3. The molecule has 0 aromatic carbocycles. The summed E-state index contributed by atoms with van der Waals surface area (Å²) in [7, 11) is 1.83. The van der Waals surface area contributed by atoms with Gasteiger partial charge in [-0.25, -0.2) is 0 Å². The molecule has 1 saturated heterocycles. The predicted octanol–water partition coefficient (Wildman–Crippen LogP) is -0.173. The molecule has 2 atom stereocenters. The molecule has 0 aromatic heterocycles. The van der Waals surface area contributed by atoms with E-state index in [-0.39, 0.29) is 6.10 Å². The first-order valence-corrected chi connectivity index (χ1v) is 3.00. The van der Waals surface area contributed by atoms with Crippen LogP contribution in [0, 0.1) is 0 Å². The first-order chi connectivity index (χ1) is 4.34. The van der Waals surface area contributed by atoms with Gasteiger partial charge in [-0.2, -0.15) is 0 Å². The molecule has 52 valence electrons. The molecule has 1 rings (SSSR count). The van der Waals surface area contributed by atoms with Crippen molar-refractivity contribution in [3.05, 3.63) is 12.3 Å². The molecule has 2 unspecified atom stereocenters. The highest BCUT2D eigenvalue weighted by Gasteiger charge is 2.35. The Morgan fingerprint density at radius 3 is 2.89 bits per heavy atom. The number of hydrogen-bond acceptors (Lipinski definition) is 3. The van der Waals surface area contributed by atoms with Gasteiger partial charge in [0.25, 0.3) is 0 Å². The smallest absolute Gasteiger partial charge is 0.182 e. The maximum absolute atomic E-state index is 8.65. The molecule has 1 fully saturated rings. The Hall–Kier alpha value is -0.540. The molecule has 3 heteroatoms. The zero-order valence-corrected chi connectivity index (χ0v) is 5.37. The average Bonchev–Trinajstić information content (AvgIpc) is 2.48. The van der Waals surface area contributed by atoms with E-state index < -0.39 is 6.29 Å². The van der Waals surface area contributed by atoms with E-state index in [1.165, 1.54) is 0 Å². The zero-order chi connectivity index (χ0) is 6.69. The van der Waals surface area contributed by atoms with Crippen LogP contribution in [-0.2, 0) is 4.74 Å². The summed E-state index contributed by atoms with van der Waals surface area (Å²) in [5.41, 5.74) is 0. The molecule has 0 saturated carbocycles. The first-order valence-electron chi connectivity index (χ1n) is 3.00. The molecular weight excluding hydrogens is 118 g/mol. The third-order valence-corrected chi connectivity index (χ3v) is 1.21. The number of ether oxygens (including phenoxy) is 1. The Morgan fingerprint density at radius 1 is 1.78 bits per heavy atom. The lowest BCUT2D eigenvalue weighted by molar-refractivity contribution is 0.156. The zero-order valence-electron chi connectivity index (χ0n) is 5.37. The molecule has 0 amide bonds. The quantitative estimate of drug-likeness (QED) is 0.520. The van der Waals surface area contributed by atoms with Crippen molar-refractivity contribution in [2.45, 2.75) is 18.8 Å². The Balaban J connectivity index is 2.00. The van der Waals surface area contributed by atoms with Gasteiger partial charge < -0.3 is 15.2 Å². The standard InChI is InChI=1S/C6H11NO2/c1-7-4-2-3-5-6(8)9-5/h2,4-8H,3H2,1H3/b4-2+.